The highest BCUT2D eigenvalue weighted by Crippen LogP contribution is 2.27. The van der Waals surface area contributed by atoms with Crippen LogP contribution in [0.1, 0.15) is 24.2 Å². The van der Waals surface area contributed by atoms with Crippen molar-refractivity contribution < 1.29 is 4.42 Å². The molecule has 1 aromatic heterocycles. The summed E-state index contributed by atoms with van der Waals surface area (Å²) in [6.07, 6.45) is 4.60. The van der Waals surface area contributed by atoms with Crippen LogP contribution in [0, 0.1) is 0 Å². The summed E-state index contributed by atoms with van der Waals surface area (Å²) in [4.78, 5) is 5.10. The Balaban J connectivity index is 1.49. The first-order chi connectivity index (χ1) is 8.35. The first-order valence-corrected chi connectivity index (χ1v) is 6.58. The smallest absolute Gasteiger partial charge is 0.118 e. The van der Waals surface area contributed by atoms with E-state index in [1.54, 1.807) is 6.26 Å². The van der Waals surface area contributed by atoms with Crippen molar-refractivity contribution in [2.45, 2.75) is 32.0 Å². The predicted molar refractivity (Wildman–Crippen MR) is 66.5 cm³/mol. The monoisotopic (exact) mass is 235 g/mol. The van der Waals surface area contributed by atoms with E-state index in [4.69, 9.17) is 10.2 Å². The van der Waals surface area contributed by atoms with Gasteiger partial charge in [0.25, 0.3) is 0 Å². The number of hydrogen-bond acceptors (Lipinski definition) is 4. The number of nitrogens with two attached hydrogens (primary N) is 1. The molecule has 4 heteroatoms. The lowest BCUT2D eigenvalue weighted by Gasteiger charge is -2.34. The van der Waals surface area contributed by atoms with E-state index in [0.717, 1.165) is 37.0 Å². The van der Waals surface area contributed by atoms with Gasteiger partial charge in [0.15, 0.2) is 0 Å². The molecular formula is C13H21N3O. The zero-order chi connectivity index (χ0) is 11.7. The average molecular weight is 235 g/mol. The largest absolute Gasteiger partial charge is 0.468 e. The highest BCUT2D eigenvalue weighted by molar-refractivity contribution is 5.12. The molecule has 0 amide bonds. The lowest BCUT2D eigenvalue weighted by molar-refractivity contribution is 0.115. The van der Waals surface area contributed by atoms with Crippen LogP contribution in [0.25, 0.3) is 0 Å². The molecule has 2 N–H and O–H groups in total. The van der Waals surface area contributed by atoms with Gasteiger partial charge in [0.05, 0.1) is 12.8 Å². The molecule has 0 bridgehead atoms. The van der Waals surface area contributed by atoms with E-state index in [-0.39, 0.29) is 0 Å². The van der Waals surface area contributed by atoms with E-state index in [1.165, 1.54) is 25.9 Å². The lowest BCUT2D eigenvalue weighted by atomic mass is 10.2. The minimum atomic E-state index is 0.568. The summed E-state index contributed by atoms with van der Waals surface area (Å²) in [5.74, 6) is 1.05. The van der Waals surface area contributed by atoms with Gasteiger partial charge in [-0.3, -0.25) is 9.80 Å². The summed E-state index contributed by atoms with van der Waals surface area (Å²) in [6.45, 7) is 6.26. The molecule has 2 fully saturated rings. The Morgan fingerprint density at radius 3 is 2.59 bits per heavy atom. The van der Waals surface area contributed by atoms with Crippen LogP contribution in [0.3, 0.4) is 0 Å². The van der Waals surface area contributed by atoms with Gasteiger partial charge < -0.3 is 10.2 Å². The normalized spacial score (nSPS) is 23.1. The predicted octanol–water partition coefficient (Wildman–Crippen LogP) is 1.02. The second kappa shape index (κ2) is 4.80. The molecule has 1 saturated heterocycles. The van der Waals surface area contributed by atoms with E-state index in [0.29, 0.717) is 6.54 Å². The second-order valence-electron chi connectivity index (χ2n) is 5.17. The second-order valence-corrected chi connectivity index (χ2v) is 5.17. The third kappa shape index (κ3) is 2.70. The molecular weight excluding hydrogens is 214 g/mol. The molecule has 0 aromatic carbocycles. The van der Waals surface area contributed by atoms with Gasteiger partial charge in [-0.05, 0) is 18.9 Å². The Morgan fingerprint density at radius 1 is 1.24 bits per heavy atom. The van der Waals surface area contributed by atoms with E-state index in [2.05, 4.69) is 15.9 Å². The van der Waals surface area contributed by atoms with Crippen LogP contribution in [-0.2, 0) is 13.1 Å². The molecule has 2 aliphatic rings. The van der Waals surface area contributed by atoms with Gasteiger partial charge in [-0.15, -0.1) is 0 Å². The van der Waals surface area contributed by atoms with Crippen LogP contribution in [-0.4, -0.2) is 42.0 Å². The minimum Gasteiger partial charge on any atom is -0.468 e. The van der Waals surface area contributed by atoms with Crippen molar-refractivity contribution in [2.75, 3.05) is 26.2 Å². The average Bonchev–Trinajstić information content (AvgIpc) is 3.11. The van der Waals surface area contributed by atoms with Crippen LogP contribution in [0.15, 0.2) is 16.7 Å². The van der Waals surface area contributed by atoms with Gasteiger partial charge >= 0.3 is 0 Å². The summed E-state index contributed by atoms with van der Waals surface area (Å²) < 4.78 is 5.51. The first kappa shape index (κ1) is 11.3. The summed E-state index contributed by atoms with van der Waals surface area (Å²) in [5.41, 5.74) is 6.67. The molecule has 0 spiro atoms. The molecule has 0 unspecified atom stereocenters. The number of hydrogen-bond donors (Lipinski definition) is 1. The Labute approximate surface area is 102 Å². The van der Waals surface area contributed by atoms with E-state index in [1.807, 2.05) is 0 Å². The number of rotatable bonds is 4. The maximum absolute atomic E-state index is 5.57. The molecule has 17 heavy (non-hydrogen) atoms. The Morgan fingerprint density at radius 2 is 2.00 bits per heavy atom. The van der Waals surface area contributed by atoms with Crippen molar-refractivity contribution in [3.05, 3.63) is 23.7 Å². The topological polar surface area (TPSA) is 45.6 Å². The maximum atomic E-state index is 5.57. The Hall–Kier alpha value is -0.840. The standard InChI is InChI=1S/C13H21N3O/c14-8-11-7-13(17-10-11)9-15-3-5-16(6-4-15)12-1-2-12/h7,10,12H,1-6,8-9,14H2. The minimum absolute atomic E-state index is 0.568. The van der Waals surface area contributed by atoms with Crippen molar-refractivity contribution >= 4 is 0 Å². The van der Waals surface area contributed by atoms with Crippen LogP contribution >= 0.6 is 0 Å². The summed E-state index contributed by atoms with van der Waals surface area (Å²) in [6, 6.07) is 2.98. The molecule has 2 heterocycles. The van der Waals surface area contributed by atoms with Gasteiger partial charge in [-0.25, -0.2) is 0 Å². The number of nitrogens with zero attached hydrogens (tertiary/aromatic N) is 2. The maximum Gasteiger partial charge on any atom is 0.118 e. The van der Waals surface area contributed by atoms with Crippen molar-refractivity contribution in [3.63, 3.8) is 0 Å². The third-order valence-electron chi connectivity index (χ3n) is 3.79. The SMILES string of the molecule is NCc1coc(CN2CCN(C3CC3)CC2)c1. The summed E-state index contributed by atoms with van der Waals surface area (Å²) in [5, 5.41) is 0. The fraction of sp³-hybridized carbons (Fsp3) is 0.692. The molecule has 3 rings (SSSR count). The van der Waals surface area contributed by atoms with Crippen molar-refractivity contribution in [3.8, 4) is 0 Å². The van der Waals surface area contributed by atoms with Crippen molar-refractivity contribution in [1.29, 1.82) is 0 Å². The first-order valence-electron chi connectivity index (χ1n) is 6.58. The fourth-order valence-electron chi connectivity index (χ4n) is 2.56. The highest BCUT2D eigenvalue weighted by atomic mass is 16.3. The van der Waals surface area contributed by atoms with Crippen LogP contribution in [0.2, 0.25) is 0 Å². The van der Waals surface area contributed by atoms with E-state index < -0.39 is 0 Å². The zero-order valence-electron chi connectivity index (χ0n) is 10.3. The molecule has 1 saturated carbocycles. The van der Waals surface area contributed by atoms with E-state index in [9.17, 15) is 0 Å². The Bertz CT molecular complexity index is 364. The Kier molecular flexibility index (Phi) is 3.18. The van der Waals surface area contributed by atoms with Gasteiger partial charge in [0, 0.05) is 44.3 Å². The molecule has 4 nitrogen and oxygen atoms in total. The number of piperazine rings is 1. The van der Waals surface area contributed by atoms with Gasteiger partial charge in [-0.2, -0.15) is 0 Å². The molecule has 0 radical (unpaired) electrons. The summed E-state index contributed by atoms with van der Waals surface area (Å²) >= 11 is 0. The molecule has 94 valence electrons. The van der Waals surface area contributed by atoms with Crippen LogP contribution in [0.4, 0.5) is 0 Å². The lowest BCUT2D eigenvalue weighted by Crippen LogP contribution is -2.46. The van der Waals surface area contributed by atoms with E-state index >= 15 is 0 Å². The molecule has 1 aliphatic heterocycles. The highest BCUT2D eigenvalue weighted by Gasteiger charge is 2.31. The van der Waals surface area contributed by atoms with Gasteiger partial charge in [0.1, 0.15) is 5.76 Å². The van der Waals surface area contributed by atoms with Gasteiger partial charge in [-0.1, -0.05) is 0 Å². The van der Waals surface area contributed by atoms with Crippen molar-refractivity contribution in [2.24, 2.45) is 5.73 Å². The fourth-order valence-corrected chi connectivity index (χ4v) is 2.56. The molecule has 0 atom stereocenters. The van der Waals surface area contributed by atoms with Crippen LogP contribution < -0.4 is 5.73 Å². The van der Waals surface area contributed by atoms with Crippen molar-refractivity contribution in [1.82, 2.24) is 9.80 Å². The molecule has 1 aromatic rings. The quantitative estimate of drug-likeness (QED) is 0.846. The zero-order valence-corrected chi connectivity index (χ0v) is 10.3. The third-order valence-corrected chi connectivity index (χ3v) is 3.79. The summed E-state index contributed by atoms with van der Waals surface area (Å²) in [7, 11) is 0. The van der Waals surface area contributed by atoms with Gasteiger partial charge in [0.2, 0.25) is 0 Å². The molecule has 1 aliphatic carbocycles. The van der Waals surface area contributed by atoms with Crippen LogP contribution in [0.5, 0.6) is 0 Å². The number of furan rings is 1.